The van der Waals surface area contributed by atoms with Gasteiger partial charge in [-0.2, -0.15) is 0 Å². The first-order valence-corrected chi connectivity index (χ1v) is 11.2. The summed E-state index contributed by atoms with van der Waals surface area (Å²) < 4.78 is 0. The van der Waals surface area contributed by atoms with Crippen LogP contribution in [0.2, 0.25) is 0 Å². The predicted octanol–water partition coefficient (Wildman–Crippen LogP) is 4.30. The SMILES string of the molecule is CC1CCCN(C(=O)C2CCN(C(=O)c3ccc(SC(C)C)cc3)CC2)C1. The summed E-state index contributed by atoms with van der Waals surface area (Å²) in [6.45, 7) is 9.73. The second kappa shape index (κ2) is 9.13. The van der Waals surface area contributed by atoms with E-state index < -0.39 is 0 Å². The number of amides is 2. The fraction of sp³-hybridized carbons (Fsp3) is 0.636. The number of nitrogens with zero attached hydrogens (tertiary/aromatic N) is 2. The first-order valence-electron chi connectivity index (χ1n) is 10.3. The maximum atomic E-state index is 12.8. The van der Waals surface area contributed by atoms with Crippen molar-refractivity contribution in [2.24, 2.45) is 11.8 Å². The summed E-state index contributed by atoms with van der Waals surface area (Å²) in [5.41, 5.74) is 0.748. The Morgan fingerprint density at radius 2 is 1.67 bits per heavy atom. The van der Waals surface area contributed by atoms with Crippen molar-refractivity contribution < 1.29 is 9.59 Å². The number of benzene rings is 1. The minimum Gasteiger partial charge on any atom is -0.342 e. The van der Waals surface area contributed by atoms with Crippen LogP contribution in [0, 0.1) is 11.8 Å². The molecule has 0 N–H and O–H groups in total. The largest absolute Gasteiger partial charge is 0.342 e. The monoisotopic (exact) mass is 388 g/mol. The molecule has 2 fully saturated rings. The number of carbonyl (C=O) groups excluding carboxylic acids is 2. The van der Waals surface area contributed by atoms with Crippen molar-refractivity contribution in [3.8, 4) is 0 Å². The second-order valence-electron chi connectivity index (χ2n) is 8.29. The second-order valence-corrected chi connectivity index (χ2v) is 9.94. The molecule has 0 radical (unpaired) electrons. The van der Waals surface area contributed by atoms with Crippen LogP contribution in [-0.4, -0.2) is 53.0 Å². The molecule has 148 valence electrons. The van der Waals surface area contributed by atoms with Gasteiger partial charge in [-0.3, -0.25) is 9.59 Å². The van der Waals surface area contributed by atoms with Crippen LogP contribution >= 0.6 is 11.8 Å². The van der Waals surface area contributed by atoms with E-state index in [4.69, 9.17) is 0 Å². The van der Waals surface area contributed by atoms with Crippen LogP contribution in [0.5, 0.6) is 0 Å². The normalized spacial score (nSPS) is 21.6. The van der Waals surface area contributed by atoms with E-state index in [1.807, 2.05) is 29.2 Å². The molecular weight excluding hydrogens is 356 g/mol. The predicted molar refractivity (Wildman–Crippen MR) is 111 cm³/mol. The number of rotatable bonds is 4. The van der Waals surface area contributed by atoms with Crippen molar-refractivity contribution >= 4 is 23.6 Å². The van der Waals surface area contributed by atoms with Crippen molar-refractivity contribution in [1.29, 1.82) is 0 Å². The van der Waals surface area contributed by atoms with E-state index in [0.29, 0.717) is 30.2 Å². The Morgan fingerprint density at radius 1 is 1.00 bits per heavy atom. The molecule has 2 aliphatic heterocycles. The maximum absolute atomic E-state index is 12.8. The third-order valence-corrected chi connectivity index (χ3v) is 6.59. The number of piperidine rings is 2. The number of likely N-dealkylation sites (tertiary alicyclic amines) is 2. The third-order valence-electron chi connectivity index (χ3n) is 5.57. The number of carbonyl (C=O) groups is 2. The van der Waals surface area contributed by atoms with Crippen LogP contribution in [0.1, 0.15) is 56.8 Å². The van der Waals surface area contributed by atoms with E-state index in [9.17, 15) is 9.59 Å². The van der Waals surface area contributed by atoms with Gasteiger partial charge in [0.1, 0.15) is 0 Å². The Labute approximate surface area is 167 Å². The summed E-state index contributed by atoms with van der Waals surface area (Å²) >= 11 is 1.80. The van der Waals surface area contributed by atoms with Crippen molar-refractivity contribution in [2.45, 2.75) is 56.6 Å². The third kappa shape index (κ3) is 5.28. The van der Waals surface area contributed by atoms with Crippen LogP contribution in [0.4, 0.5) is 0 Å². The van der Waals surface area contributed by atoms with E-state index in [2.05, 4.69) is 25.7 Å². The highest BCUT2D eigenvalue weighted by Gasteiger charge is 2.32. The molecule has 5 heteroatoms. The number of thioether (sulfide) groups is 1. The van der Waals surface area contributed by atoms with Crippen molar-refractivity contribution in [3.05, 3.63) is 29.8 Å². The van der Waals surface area contributed by atoms with Crippen LogP contribution in [0.25, 0.3) is 0 Å². The van der Waals surface area contributed by atoms with Gasteiger partial charge in [0.15, 0.2) is 0 Å². The zero-order valence-corrected chi connectivity index (χ0v) is 17.6. The lowest BCUT2D eigenvalue weighted by Gasteiger charge is -2.37. The first kappa shape index (κ1) is 20.2. The van der Waals surface area contributed by atoms with E-state index in [1.54, 1.807) is 11.8 Å². The minimum atomic E-state index is 0.0872. The van der Waals surface area contributed by atoms with Gasteiger partial charge in [0.05, 0.1) is 0 Å². The number of hydrogen-bond donors (Lipinski definition) is 0. The van der Waals surface area contributed by atoms with E-state index >= 15 is 0 Å². The standard InChI is InChI=1S/C22H32N2O2S/c1-16(2)27-20-8-6-18(7-9-20)21(25)23-13-10-19(11-14-23)22(26)24-12-4-5-17(3)15-24/h6-9,16-17,19H,4-5,10-15H2,1-3H3. The molecule has 0 aliphatic carbocycles. The van der Waals surface area contributed by atoms with E-state index in [0.717, 1.165) is 37.9 Å². The zero-order chi connectivity index (χ0) is 19.4. The summed E-state index contributed by atoms with van der Waals surface area (Å²) in [4.78, 5) is 30.7. The van der Waals surface area contributed by atoms with Gasteiger partial charge in [0.2, 0.25) is 5.91 Å². The lowest BCUT2D eigenvalue weighted by molar-refractivity contribution is -0.138. The molecule has 0 bridgehead atoms. The van der Waals surface area contributed by atoms with Crippen molar-refractivity contribution in [2.75, 3.05) is 26.2 Å². The minimum absolute atomic E-state index is 0.0872. The zero-order valence-electron chi connectivity index (χ0n) is 16.8. The molecule has 27 heavy (non-hydrogen) atoms. The molecule has 2 amide bonds. The molecule has 0 spiro atoms. The molecule has 2 saturated heterocycles. The molecular formula is C22H32N2O2S. The Balaban J connectivity index is 1.52. The molecule has 1 aromatic carbocycles. The van der Waals surface area contributed by atoms with Gasteiger partial charge in [-0.05, 0) is 55.9 Å². The summed E-state index contributed by atoms with van der Waals surface area (Å²) in [5, 5.41) is 0.533. The molecule has 1 unspecified atom stereocenters. The highest BCUT2D eigenvalue weighted by Crippen LogP contribution is 2.26. The molecule has 1 aromatic rings. The quantitative estimate of drug-likeness (QED) is 0.722. The summed E-state index contributed by atoms with van der Waals surface area (Å²) in [7, 11) is 0. The summed E-state index contributed by atoms with van der Waals surface area (Å²) in [5.74, 6) is 1.10. The average molecular weight is 389 g/mol. The first-order chi connectivity index (χ1) is 12.9. The van der Waals surface area contributed by atoms with Crippen molar-refractivity contribution in [3.63, 3.8) is 0 Å². The van der Waals surface area contributed by atoms with Gasteiger partial charge >= 0.3 is 0 Å². The Kier molecular flexibility index (Phi) is 6.85. The Bertz CT molecular complexity index is 651. The molecule has 4 nitrogen and oxygen atoms in total. The molecule has 3 rings (SSSR count). The van der Waals surface area contributed by atoms with Gasteiger partial charge < -0.3 is 9.80 Å². The topological polar surface area (TPSA) is 40.6 Å². The summed E-state index contributed by atoms with van der Waals surface area (Å²) in [6, 6.07) is 7.93. The van der Waals surface area contributed by atoms with Gasteiger partial charge in [-0.25, -0.2) is 0 Å². The van der Waals surface area contributed by atoms with Gasteiger partial charge in [0, 0.05) is 47.8 Å². The fourth-order valence-corrected chi connectivity index (χ4v) is 4.95. The molecule has 1 atom stereocenters. The van der Waals surface area contributed by atoms with Gasteiger partial charge in [-0.1, -0.05) is 20.8 Å². The van der Waals surface area contributed by atoms with E-state index in [1.165, 1.54) is 11.3 Å². The molecule has 2 heterocycles. The van der Waals surface area contributed by atoms with Crippen LogP contribution < -0.4 is 0 Å². The van der Waals surface area contributed by atoms with Crippen molar-refractivity contribution in [1.82, 2.24) is 9.80 Å². The van der Waals surface area contributed by atoms with Gasteiger partial charge in [-0.15, -0.1) is 11.8 Å². The smallest absolute Gasteiger partial charge is 0.253 e. The molecule has 0 aromatic heterocycles. The molecule has 0 saturated carbocycles. The fourth-order valence-electron chi connectivity index (χ4n) is 4.11. The van der Waals surface area contributed by atoms with Crippen LogP contribution in [0.15, 0.2) is 29.2 Å². The lowest BCUT2D eigenvalue weighted by atomic mass is 9.92. The molecule has 2 aliphatic rings. The van der Waals surface area contributed by atoms with E-state index in [-0.39, 0.29) is 11.8 Å². The maximum Gasteiger partial charge on any atom is 0.253 e. The van der Waals surface area contributed by atoms with Gasteiger partial charge in [0.25, 0.3) is 5.91 Å². The highest BCUT2D eigenvalue weighted by atomic mass is 32.2. The van der Waals surface area contributed by atoms with Crippen LogP contribution in [-0.2, 0) is 4.79 Å². The Hall–Kier alpha value is -1.49. The summed E-state index contributed by atoms with van der Waals surface area (Å²) in [6.07, 6.45) is 3.92. The van der Waals surface area contributed by atoms with Crippen LogP contribution in [0.3, 0.4) is 0 Å². The lowest BCUT2D eigenvalue weighted by Crippen LogP contribution is -2.47. The Morgan fingerprint density at radius 3 is 2.26 bits per heavy atom. The highest BCUT2D eigenvalue weighted by molar-refractivity contribution is 7.99. The average Bonchev–Trinajstić information content (AvgIpc) is 2.67. The number of hydrogen-bond acceptors (Lipinski definition) is 3.